The van der Waals surface area contributed by atoms with Crippen LogP contribution >= 0.6 is 22.9 Å². The van der Waals surface area contributed by atoms with E-state index in [2.05, 4.69) is 15.5 Å². The number of anilines is 1. The van der Waals surface area contributed by atoms with Crippen LogP contribution in [-0.2, 0) is 0 Å². The van der Waals surface area contributed by atoms with E-state index in [-0.39, 0.29) is 0 Å². The van der Waals surface area contributed by atoms with Crippen molar-refractivity contribution in [3.8, 4) is 17.0 Å². The van der Waals surface area contributed by atoms with E-state index in [1.807, 2.05) is 60.8 Å². The van der Waals surface area contributed by atoms with Gasteiger partial charge in [0.05, 0.1) is 11.9 Å². The molecule has 0 fully saturated rings. The third-order valence-corrected chi connectivity index (χ3v) is 4.24. The van der Waals surface area contributed by atoms with Crippen LogP contribution in [0.15, 0.2) is 59.0 Å². The second kappa shape index (κ2) is 7.95. The van der Waals surface area contributed by atoms with E-state index >= 15 is 0 Å². The van der Waals surface area contributed by atoms with Crippen LogP contribution in [0.5, 0.6) is 5.75 Å². The van der Waals surface area contributed by atoms with Crippen molar-refractivity contribution in [3.63, 3.8) is 0 Å². The number of aryl methyl sites for hydroxylation is 1. The molecule has 6 heteroatoms. The molecule has 0 saturated heterocycles. The van der Waals surface area contributed by atoms with Gasteiger partial charge in [-0.25, -0.2) is 4.98 Å². The van der Waals surface area contributed by atoms with Gasteiger partial charge >= 0.3 is 0 Å². The second-order valence-electron chi connectivity index (χ2n) is 5.09. The van der Waals surface area contributed by atoms with Crippen molar-refractivity contribution in [2.75, 3.05) is 12.0 Å². The molecule has 0 unspecified atom stereocenters. The fourth-order valence-corrected chi connectivity index (χ4v) is 2.78. The second-order valence-corrected chi connectivity index (χ2v) is 6.39. The van der Waals surface area contributed by atoms with Crippen molar-refractivity contribution in [1.29, 1.82) is 0 Å². The van der Waals surface area contributed by atoms with Crippen molar-refractivity contribution in [1.82, 2.24) is 4.98 Å². The van der Waals surface area contributed by atoms with Crippen LogP contribution in [0.1, 0.15) is 5.56 Å². The molecule has 0 amide bonds. The summed E-state index contributed by atoms with van der Waals surface area (Å²) in [7, 11) is 0. The van der Waals surface area contributed by atoms with E-state index < -0.39 is 0 Å². The van der Waals surface area contributed by atoms with Crippen molar-refractivity contribution >= 4 is 34.3 Å². The molecule has 0 aliphatic carbocycles. The molecule has 0 bridgehead atoms. The fraction of sp³-hybridized carbons (Fsp3) is 0.111. The van der Waals surface area contributed by atoms with E-state index in [4.69, 9.17) is 16.3 Å². The normalized spacial score (nSPS) is 10.9. The molecule has 122 valence electrons. The van der Waals surface area contributed by atoms with Crippen molar-refractivity contribution in [2.24, 2.45) is 5.10 Å². The Morgan fingerprint density at radius 3 is 2.67 bits per heavy atom. The zero-order valence-corrected chi connectivity index (χ0v) is 14.6. The van der Waals surface area contributed by atoms with Gasteiger partial charge in [-0.3, -0.25) is 5.43 Å². The number of halogens is 1. The molecule has 2 aromatic carbocycles. The SMILES string of the molecule is Cc1ccc(OC/C=N/Nc2nc(-c3ccc(Cl)cc3)cs2)cc1. The zero-order valence-electron chi connectivity index (χ0n) is 13.1. The Labute approximate surface area is 149 Å². The van der Waals surface area contributed by atoms with E-state index in [0.717, 1.165) is 22.1 Å². The monoisotopic (exact) mass is 357 g/mol. The summed E-state index contributed by atoms with van der Waals surface area (Å²) in [6.07, 6.45) is 1.67. The van der Waals surface area contributed by atoms with Gasteiger partial charge in [-0.1, -0.05) is 41.4 Å². The van der Waals surface area contributed by atoms with E-state index in [9.17, 15) is 0 Å². The molecular formula is C18H16ClN3OS. The lowest BCUT2D eigenvalue weighted by Gasteiger charge is -2.02. The molecule has 0 atom stereocenters. The molecule has 0 aliphatic heterocycles. The van der Waals surface area contributed by atoms with Crippen molar-refractivity contribution in [3.05, 3.63) is 64.5 Å². The van der Waals surface area contributed by atoms with Gasteiger partial charge in [0.1, 0.15) is 12.4 Å². The van der Waals surface area contributed by atoms with Crippen LogP contribution < -0.4 is 10.2 Å². The van der Waals surface area contributed by atoms with Gasteiger partial charge in [-0.05, 0) is 31.2 Å². The van der Waals surface area contributed by atoms with Gasteiger partial charge in [0.15, 0.2) is 0 Å². The number of aromatic nitrogens is 1. The van der Waals surface area contributed by atoms with Crippen LogP contribution in [0.2, 0.25) is 5.02 Å². The molecule has 1 heterocycles. The number of hydrogen-bond acceptors (Lipinski definition) is 5. The van der Waals surface area contributed by atoms with Gasteiger partial charge in [0, 0.05) is 16.0 Å². The predicted octanol–water partition coefficient (Wildman–Crippen LogP) is 5.25. The van der Waals surface area contributed by atoms with Crippen LogP contribution in [0, 0.1) is 6.92 Å². The van der Waals surface area contributed by atoms with Crippen LogP contribution in [-0.4, -0.2) is 17.8 Å². The molecule has 0 saturated carbocycles. The molecule has 3 aromatic rings. The summed E-state index contributed by atoms with van der Waals surface area (Å²) in [4.78, 5) is 4.49. The average molecular weight is 358 g/mol. The molecule has 1 aromatic heterocycles. The summed E-state index contributed by atoms with van der Waals surface area (Å²) in [5.74, 6) is 0.825. The van der Waals surface area contributed by atoms with Crippen LogP contribution in [0.4, 0.5) is 5.13 Å². The van der Waals surface area contributed by atoms with Gasteiger partial charge < -0.3 is 4.74 Å². The maximum Gasteiger partial charge on any atom is 0.203 e. The number of rotatable bonds is 6. The zero-order chi connectivity index (χ0) is 16.8. The minimum absolute atomic E-state index is 0.394. The lowest BCUT2D eigenvalue weighted by atomic mass is 10.2. The van der Waals surface area contributed by atoms with E-state index in [0.29, 0.717) is 11.6 Å². The van der Waals surface area contributed by atoms with Crippen LogP contribution in [0.3, 0.4) is 0 Å². The molecule has 0 spiro atoms. The number of hydrogen-bond donors (Lipinski definition) is 1. The molecule has 0 radical (unpaired) electrons. The first-order valence-corrected chi connectivity index (χ1v) is 8.65. The largest absolute Gasteiger partial charge is 0.488 e. The summed E-state index contributed by atoms with van der Waals surface area (Å²) in [5, 5.41) is 7.54. The third-order valence-electron chi connectivity index (χ3n) is 3.24. The standard InChI is InChI=1S/C18H16ClN3OS/c1-13-2-8-16(9-3-13)23-11-10-20-22-18-21-17(12-24-18)14-4-6-15(19)7-5-14/h2-10,12H,11H2,1H3,(H,21,22)/b20-10+. The summed E-state index contributed by atoms with van der Waals surface area (Å²) in [6.45, 7) is 2.44. The number of thiazole rings is 1. The number of ether oxygens (including phenoxy) is 1. The Morgan fingerprint density at radius 1 is 1.17 bits per heavy atom. The Bertz CT molecular complexity index is 813. The van der Waals surface area contributed by atoms with E-state index in [1.165, 1.54) is 16.9 Å². The fourth-order valence-electron chi connectivity index (χ4n) is 1.98. The van der Waals surface area contributed by atoms with E-state index in [1.54, 1.807) is 6.21 Å². The smallest absolute Gasteiger partial charge is 0.203 e. The molecule has 0 aliphatic rings. The first kappa shape index (κ1) is 16.5. The predicted molar refractivity (Wildman–Crippen MR) is 101 cm³/mol. The van der Waals surface area contributed by atoms with Gasteiger partial charge in [0.2, 0.25) is 5.13 Å². The summed E-state index contributed by atoms with van der Waals surface area (Å²) < 4.78 is 5.57. The highest BCUT2D eigenvalue weighted by atomic mass is 35.5. The molecule has 24 heavy (non-hydrogen) atoms. The highest BCUT2D eigenvalue weighted by Gasteiger charge is 2.03. The van der Waals surface area contributed by atoms with Crippen molar-refractivity contribution < 1.29 is 4.74 Å². The number of benzene rings is 2. The molecule has 4 nitrogen and oxygen atoms in total. The average Bonchev–Trinajstić information content (AvgIpc) is 3.06. The maximum absolute atomic E-state index is 5.89. The van der Waals surface area contributed by atoms with Crippen molar-refractivity contribution in [2.45, 2.75) is 6.92 Å². The number of hydrazone groups is 1. The Kier molecular flexibility index (Phi) is 5.46. The Balaban J connectivity index is 1.50. The first-order chi connectivity index (χ1) is 11.7. The summed E-state index contributed by atoms with van der Waals surface area (Å²) >= 11 is 7.39. The lowest BCUT2D eigenvalue weighted by molar-refractivity contribution is 0.380. The first-order valence-electron chi connectivity index (χ1n) is 7.39. The minimum atomic E-state index is 0.394. The summed E-state index contributed by atoms with van der Waals surface area (Å²) in [6, 6.07) is 15.5. The molecular weight excluding hydrogens is 342 g/mol. The van der Waals surface area contributed by atoms with Crippen LogP contribution in [0.25, 0.3) is 11.3 Å². The summed E-state index contributed by atoms with van der Waals surface area (Å²) in [5.41, 5.74) is 6.04. The Morgan fingerprint density at radius 2 is 1.92 bits per heavy atom. The molecule has 1 N–H and O–H groups in total. The number of nitrogens with one attached hydrogen (secondary N) is 1. The minimum Gasteiger partial charge on any atom is -0.488 e. The van der Waals surface area contributed by atoms with Gasteiger partial charge in [-0.15, -0.1) is 11.3 Å². The maximum atomic E-state index is 5.89. The van der Waals surface area contributed by atoms with Gasteiger partial charge in [-0.2, -0.15) is 5.10 Å². The van der Waals surface area contributed by atoms with Gasteiger partial charge in [0.25, 0.3) is 0 Å². The quantitative estimate of drug-likeness (QED) is 0.484. The topological polar surface area (TPSA) is 46.5 Å². The third kappa shape index (κ3) is 4.57. The highest BCUT2D eigenvalue weighted by molar-refractivity contribution is 7.14. The highest BCUT2D eigenvalue weighted by Crippen LogP contribution is 2.25. The number of nitrogens with zero attached hydrogens (tertiary/aromatic N) is 2. The molecule has 3 rings (SSSR count). The lowest BCUT2D eigenvalue weighted by Crippen LogP contribution is -2.00. The Hall–Kier alpha value is -2.37.